The van der Waals surface area contributed by atoms with Crippen LogP contribution in [0.3, 0.4) is 0 Å². The number of hydrogen-bond donors (Lipinski definition) is 3. The number of nitrogens with two attached hydrogens (primary N) is 1. The third-order valence-corrected chi connectivity index (χ3v) is 5.66. The Morgan fingerprint density at radius 2 is 2.15 bits per heavy atom. The molecule has 5 atom stereocenters. The SMILES string of the molecule is NC1(C2CCCC2)N=CN=C2C1=NCN2[C@@H]1O[C@H](CO[N+](=O)[O-])[C@@H](O)[C@H]1O. The largest absolute Gasteiger partial charge is 0.387 e. The van der Waals surface area contributed by atoms with Crippen LogP contribution < -0.4 is 5.73 Å². The van der Waals surface area contributed by atoms with Crippen LogP contribution in [0.15, 0.2) is 15.0 Å². The first-order valence-corrected chi connectivity index (χ1v) is 8.93. The fourth-order valence-corrected chi connectivity index (χ4v) is 4.23. The van der Waals surface area contributed by atoms with E-state index in [4.69, 9.17) is 10.5 Å². The zero-order valence-electron chi connectivity index (χ0n) is 14.5. The highest BCUT2D eigenvalue weighted by Crippen LogP contribution is 2.38. The summed E-state index contributed by atoms with van der Waals surface area (Å²) in [5.41, 5.74) is 6.19. The minimum atomic E-state index is -1.34. The smallest absolute Gasteiger partial charge is 0.294 e. The molecule has 4 N–H and O–H groups in total. The molecule has 148 valence electrons. The molecule has 0 aromatic heterocycles. The van der Waals surface area contributed by atoms with Gasteiger partial charge in [0.2, 0.25) is 0 Å². The normalized spacial score (nSPS) is 38.7. The Morgan fingerprint density at radius 3 is 2.85 bits per heavy atom. The van der Waals surface area contributed by atoms with E-state index in [-0.39, 0.29) is 12.6 Å². The molecular formula is C15H22N6O6. The van der Waals surface area contributed by atoms with Crippen LogP contribution in [0.5, 0.6) is 0 Å². The second-order valence-electron chi connectivity index (χ2n) is 7.19. The number of aliphatic hydroxyl groups is 2. The van der Waals surface area contributed by atoms with E-state index in [1.165, 1.54) is 6.34 Å². The molecule has 3 aliphatic heterocycles. The lowest BCUT2D eigenvalue weighted by Gasteiger charge is -2.35. The average Bonchev–Trinajstić information content (AvgIpc) is 3.36. The van der Waals surface area contributed by atoms with Gasteiger partial charge in [-0.05, 0) is 12.8 Å². The number of hydrogen-bond acceptors (Lipinski definition) is 11. The van der Waals surface area contributed by atoms with Crippen molar-refractivity contribution < 1.29 is 24.9 Å². The molecule has 4 rings (SSSR count). The highest BCUT2D eigenvalue weighted by molar-refractivity contribution is 6.47. The van der Waals surface area contributed by atoms with Gasteiger partial charge in [0.1, 0.15) is 43.6 Å². The summed E-state index contributed by atoms with van der Waals surface area (Å²) in [5, 5.41) is 29.9. The van der Waals surface area contributed by atoms with Crippen molar-refractivity contribution >= 4 is 17.9 Å². The van der Waals surface area contributed by atoms with Crippen molar-refractivity contribution in [2.75, 3.05) is 13.3 Å². The Labute approximate surface area is 154 Å². The fourth-order valence-electron chi connectivity index (χ4n) is 4.23. The van der Waals surface area contributed by atoms with Crippen LogP contribution in [0.25, 0.3) is 0 Å². The molecule has 1 saturated carbocycles. The van der Waals surface area contributed by atoms with Crippen LogP contribution in [0.4, 0.5) is 0 Å². The van der Waals surface area contributed by atoms with Gasteiger partial charge < -0.3 is 30.4 Å². The summed E-state index contributed by atoms with van der Waals surface area (Å²) < 4.78 is 5.62. The Kier molecular flexibility index (Phi) is 4.58. The second kappa shape index (κ2) is 6.78. The lowest BCUT2D eigenvalue weighted by Crippen LogP contribution is -2.58. The minimum Gasteiger partial charge on any atom is -0.387 e. The first-order valence-electron chi connectivity index (χ1n) is 8.93. The van der Waals surface area contributed by atoms with Gasteiger partial charge in [-0.25, -0.2) is 9.98 Å². The Balaban J connectivity index is 1.51. The predicted molar refractivity (Wildman–Crippen MR) is 92.6 cm³/mol. The molecule has 27 heavy (non-hydrogen) atoms. The molecule has 4 aliphatic rings. The Hall–Kier alpha value is -2.15. The predicted octanol–water partition coefficient (Wildman–Crippen LogP) is -1.36. The maximum absolute atomic E-state index is 10.4. The summed E-state index contributed by atoms with van der Waals surface area (Å²) in [5.74, 6) is 0.616. The molecule has 1 unspecified atom stereocenters. The monoisotopic (exact) mass is 382 g/mol. The summed E-state index contributed by atoms with van der Waals surface area (Å²) in [4.78, 5) is 29.4. The van der Waals surface area contributed by atoms with E-state index < -0.39 is 41.9 Å². The highest BCUT2D eigenvalue weighted by atomic mass is 17.0. The van der Waals surface area contributed by atoms with Crippen molar-refractivity contribution in [3.05, 3.63) is 10.1 Å². The molecule has 12 nitrogen and oxygen atoms in total. The second-order valence-corrected chi connectivity index (χ2v) is 7.19. The van der Waals surface area contributed by atoms with Gasteiger partial charge >= 0.3 is 0 Å². The molecule has 1 aliphatic carbocycles. The molecule has 0 radical (unpaired) electrons. The van der Waals surface area contributed by atoms with E-state index in [1.54, 1.807) is 4.90 Å². The van der Waals surface area contributed by atoms with Crippen LogP contribution in [-0.2, 0) is 9.57 Å². The van der Waals surface area contributed by atoms with Crippen molar-refractivity contribution in [3.63, 3.8) is 0 Å². The standard InChI is InChI=1S/C15H22N6O6/c16-15(8-3-1-2-4-8)12-13(17-6-19-15)20(7-18-12)14-11(23)10(22)9(27-14)5-26-21(24)25/h6,8-11,14,22-23H,1-5,7,16H2/t9-,10-,11-,14-,15?/m1/s1. The third-order valence-electron chi connectivity index (χ3n) is 5.66. The maximum Gasteiger partial charge on any atom is 0.294 e. The average molecular weight is 382 g/mol. The first kappa shape index (κ1) is 18.2. The van der Waals surface area contributed by atoms with Crippen molar-refractivity contribution in [3.8, 4) is 0 Å². The number of rotatable bonds is 5. The summed E-state index contributed by atoms with van der Waals surface area (Å²) >= 11 is 0. The zero-order chi connectivity index (χ0) is 19.2. The van der Waals surface area contributed by atoms with Crippen molar-refractivity contribution in [2.45, 2.75) is 55.9 Å². The van der Waals surface area contributed by atoms with Gasteiger partial charge in [0, 0.05) is 5.92 Å². The summed E-state index contributed by atoms with van der Waals surface area (Å²) in [7, 11) is 0. The number of fused-ring (bicyclic) bond motifs is 1. The molecule has 0 bridgehead atoms. The van der Waals surface area contributed by atoms with E-state index in [9.17, 15) is 20.3 Å². The highest BCUT2D eigenvalue weighted by Gasteiger charge is 2.52. The lowest BCUT2D eigenvalue weighted by atomic mass is 9.86. The molecule has 0 spiro atoms. The van der Waals surface area contributed by atoms with E-state index >= 15 is 0 Å². The van der Waals surface area contributed by atoms with Gasteiger partial charge in [0.05, 0.1) is 0 Å². The summed E-state index contributed by atoms with van der Waals surface area (Å²) in [6, 6.07) is 0. The fraction of sp³-hybridized carbons (Fsp3) is 0.800. The quantitative estimate of drug-likeness (QED) is 0.387. The maximum atomic E-state index is 10.4. The van der Waals surface area contributed by atoms with E-state index in [2.05, 4.69) is 19.8 Å². The Bertz CT molecular complexity index is 707. The van der Waals surface area contributed by atoms with Crippen molar-refractivity contribution in [1.29, 1.82) is 0 Å². The topological polar surface area (TPSA) is 168 Å². The summed E-state index contributed by atoms with van der Waals surface area (Å²) in [6.07, 6.45) is 0.845. The number of amidine groups is 1. The van der Waals surface area contributed by atoms with Gasteiger partial charge in [-0.3, -0.25) is 4.99 Å². The van der Waals surface area contributed by atoms with E-state index in [0.717, 1.165) is 25.7 Å². The molecule has 3 heterocycles. The first-order chi connectivity index (χ1) is 12.9. The van der Waals surface area contributed by atoms with Crippen molar-refractivity contribution in [1.82, 2.24) is 4.90 Å². The van der Waals surface area contributed by atoms with E-state index in [1.807, 2.05) is 0 Å². The van der Waals surface area contributed by atoms with Gasteiger partial charge in [0.25, 0.3) is 5.09 Å². The van der Waals surface area contributed by atoms with Crippen molar-refractivity contribution in [2.24, 2.45) is 26.6 Å². The van der Waals surface area contributed by atoms with Crippen LogP contribution in [0, 0.1) is 16.0 Å². The lowest BCUT2D eigenvalue weighted by molar-refractivity contribution is -0.759. The van der Waals surface area contributed by atoms with E-state index in [0.29, 0.717) is 11.5 Å². The number of aliphatic hydroxyl groups excluding tert-OH is 2. The van der Waals surface area contributed by atoms with Crippen LogP contribution in [-0.4, -0.2) is 81.6 Å². The molecule has 0 amide bonds. The molecule has 0 aromatic rings. The van der Waals surface area contributed by atoms with Gasteiger partial charge in [-0.2, -0.15) is 0 Å². The number of ether oxygens (including phenoxy) is 1. The van der Waals surface area contributed by atoms with Crippen LogP contribution in [0.1, 0.15) is 25.7 Å². The molecule has 0 aromatic carbocycles. The van der Waals surface area contributed by atoms with Crippen LogP contribution >= 0.6 is 0 Å². The number of nitrogens with zero attached hydrogens (tertiary/aromatic N) is 5. The third kappa shape index (κ3) is 2.98. The van der Waals surface area contributed by atoms with Gasteiger partial charge in [0.15, 0.2) is 17.7 Å². The van der Waals surface area contributed by atoms with Crippen LogP contribution in [0.2, 0.25) is 0 Å². The van der Waals surface area contributed by atoms with Gasteiger partial charge in [-0.1, -0.05) is 12.8 Å². The summed E-state index contributed by atoms with van der Waals surface area (Å²) in [6.45, 7) is -0.347. The van der Waals surface area contributed by atoms with Gasteiger partial charge in [-0.15, -0.1) is 10.1 Å². The Morgan fingerprint density at radius 1 is 1.41 bits per heavy atom. The molecule has 12 heteroatoms. The number of aliphatic imine (C=N–C) groups is 3. The molecular weight excluding hydrogens is 360 g/mol. The molecule has 1 saturated heterocycles. The zero-order valence-corrected chi connectivity index (χ0v) is 14.5. The molecule has 2 fully saturated rings. The minimum absolute atomic E-state index is 0.139.